The quantitative estimate of drug-likeness (QED) is 0.580. The number of nitrogens with zero attached hydrogens (tertiary/aromatic N) is 1. The van der Waals surface area contributed by atoms with Crippen LogP contribution in [0.2, 0.25) is 0 Å². The normalized spacial score (nSPS) is 19.0. The fourth-order valence-corrected chi connectivity index (χ4v) is 2.79. The van der Waals surface area contributed by atoms with E-state index in [1.807, 2.05) is 0 Å². The third kappa shape index (κ3) is 3.85. The zero-order chi connectivity index (χ0) is 17.8. The maximum atomic E-state index is 12.1. The number of hydrogen-bond acceptors (Lipinski definition) is 6. The van der Waals surface area contributed by atoms with Crippen LogP contribution < -0.4 is 5.32 Å². The molecule has 0 saturated carbocycles. The van der Waals surface area contributed by atoms with Crippen LogP contribution in [0.5, 0.6) is 0 Å². The van der Waals surface area contributed by atoms with Gasteiger partial charge >= 0.3 is 5.97 Å². The first-order chi connectivity index (χ1) is 12.1. The van der Waals surface area contributed by atoms with Crippen molar-refractivity contribution in [1.82, 2.24) is 10.2 Å². The van der Waals surface area contributed by atoms with Gasteiger partial charge in [0.1, 0.15) is 6.54 Å². The molecular formula is C17H18N2O6. The Labute approximate surface area is 144 Å². The van der Waals surface area contributed by atoms with Gasteiger partial charge in [-0.15, -0.1) is 0 Å². The fraction of sp³-hybridized carbons (Fsp3) is 0.412. The van der Waals surface area contributed by atoms with Gasteiger partial charge in [0.15, 0.2) is 6.61 Å². The van der Waals surface area contributed by atoms with Crippen molar-refractivity contribution >= 4 is 23.7 Å². The molecule has 3 amide bonds. The van der Waals surface area contributed by atoms with E-state index in [-0.39, 0.29) is 17.2 Å². The summed E-state index contributed by atoms with van der Waals surface area (Å²) in [6.07, 6.45) is 1.85. The summed E-state index contributed by atoms with van der Waals surface area (Å²) in [6.45, 7) is 0.0741. The molecule has 2 aliphatic rings. The molecule has 2 aliphatic heterocycles. The lowest BCUT2D eigenvalue weighted by Gasteiger charge is -2.13. The summed E-state index contributed by atoms with van der Waals surface area (Å²) >= 11 is 0. The molecule has 0 spiro atoms. The van der Waals surface area contributed by atoms with Crippen molar-refractivity contribution in [3.8, 4) is 0 Å². The molecule has 1 saturated heterocycles. The van der Waals surface area contributed by atoms with Gasteiger partial charge in [-0.2, -0.15) is 0 Å². The molecule has 1 fully saturated rings. The van der Waals surface area contributed by atoms with E-state index >= 15 is 0 Å². The van der Waals surface area contributed by atoms with Gasteiger partial charge in [-0.05, 0) is 25.0 Å². The van der Waals surface area contributed by atoms with Crippen LogP contribution in [0.3, 0.4) is 0 Å². The molecule has 25 heavy (non-hydrogen) atoms. The molecule has 1 aromatic rings. The Morgan fingerprint density at radius 3 is 2.48 bits per heavy atom. The number of carbonyl (C=O) groups is 4. The zero-order valence-electron chi connectivity index (χ0n) is 13.5. The second-order valence-corrected chi connectivity index (χ2v) is 5.84. The van der Waals surface area contributed by atoms with Crippen LogP contribution in [-0.2, 0) is 19.1 Å². The highest BCUT2D eigenvalue weighted by atomic mass is 16.5. The molecule has 1 unspecified atom stereocenters. The van der Waals surface area contributed by atoms with Crippen LogP contribution in [0.1, 0.15) is 33.6 Å². The van der Waals surface area contributed by atoms with E-state index in [0.717, 1.165) is 17.7 Å². The van der Waals surface area contributed by atoms with Crippen molar-refractivity contribution in [2.75, 3.05) is 26.3 Å². The molecular weight excluding hydrogens is 328 g/mol. The van der Waals surface area contributed by atoms with Crippen LogP contribution in [0, 0.1) is 0 Å². The SMILES string of the molecule is O=C(COC(=O)CN1C(=O)c2ccccc2C1=O)NCC1CCCO1. The number of fused-ring (bicyclic) bond motifs is 1. The fourth-order valence-electron chi connectivity index (χ4n) is 2.79. The highest BCUT2D eigenvalue weighted by molar-refractivity contribution is 6.22. The molecule has 0 aliphatic carbocycles. The molecule has 0 radical (unpaired) electrons. The first-order valence-corrected chi connectivity index (χ1v) is 8.05. The number of hydrogen-bond donors (Lipinski definition) is 1. The van der Waals surface area contributed by atoms with Gasteiger partial charge in [0.25, 0.3) is 17.7 Å². The third-order valence-electron chi connectivity index (χ3n) is 4.08. The van der Waals surface area contributed by atoms with Crippen LogP contribution in [0.4, 0.5) is 0 Å². The highest BCUT2D eigenvalue weighted by Crippen LogP contribution is 2.22. The second kappa shape index (κ2) is 7.43. The van der Waals surface area contributed by atoms with Crippen LogP contribution in [0.25, 0.3) is 0 Å². The first kappa shape index (κ1) is 17.1. The summed E-state index contributed by atoms with van der Waals surface area (Å²) in [6, 6.07) is 6.34. The highest BCUT2D eigenvalue weighted by Gasteiger charge is 2.36. The molecule has 3 rings (SSSR count). The Bertz CT molecular complexity index is 676. The summed E-state index contributed by atoms with van der Waals surface area (Å²) in [5, 5.41) is 2.62. The summed E-state index contributed by atoms with van der Waals surface area (Å²) in [5.74, 6) is -2.35. The lowest BCUT2D eigenvalue weighted by molar-refractivity contribution is -0.148. The molecule has 8 nitrogen and oxygen atoms in total. The van der Waals surface area contributed by atoms with Crippen molar-refractivity contribution in [1.29, 1.82) is 0 Å². The van der Waals surface area contributed by atoms with Gasteiger partial charge in [-0.1, -0.05) is 12.1 Å². The van der Waals surface area contributed by atoms with E-state index in [1.165, 1.54) is 12.1 Å². The number of benzene rings is 1. The van der Waals surface area contributed by atoms with Gasteiger partial charge < -0.3 is 14.8 Å². The van der Waals surface area contributed by atoms with Crippen LogP contribution in [0.15, 0.2) is 24.3 Å². The third-order valence-corrected chi connectivity index (χ3v) is 4.08. The predicted molar refractivity (Wildman–Crippen MR) is 84.8 cm³/mol. The molecule has 1 atom stereocenters. The summed E-state index contributed by atoms with van der Waals surface area (Å²) in [7, 11) is 0. The minimum Gasteiger partial charge on any atom is -0.454 e. The Morgan fingerprint density at radius 2 is 1.88 bits per heavy atom. The van der Waals surface area contributed by atoms with E-state index in [1.54, 1.807) is 12.1 Å². The minimum absolute atomic E-state index is 0.00185. The largest absolute Gasteiger partial charge is 0.454 e. The van der Waals surface area contributed by atoms with Gasteiger partial charge in [0.2, 0.25) is 0 Å². The van der Waals surface area contributed by atoms with Gasteiger partial charge in [-0.25, -0.2) is 0 Å². The van der Waals surface area contributed by atoms with Gasteiger partial charge in [0, 0.05) is 13.2 Å². The van der Waals surface area contributed by atoms with Crippen LogP contribution in [-0.4, -0.2) is 61.0 Å². The van der Waals surface area contributed by atoms with Crippen molar-refractivity contribution in [2.45, 2.75) is 18.9 Å². The molecule has 8 heteroatoms. The monoisotopic (exact) mass is 346 g/mol. The standard InChI is InChI=1S/C17H18N2O6/c20-14(18-8-11-4-3-7-24-11)10-25-15(21)9-19-16(22)12-5-1-2-6-13(12)17(19)23/h1-2,5-6,11H,3-4,7-10H2,(H,18,20). The van der Waals surface area contributed by atoms with Crippen molar-refractivity contribution in [3.63, 3.8) is 0 Å². The Balaban J connectivity index is 1.44. The summed E-state index contributed by atoms with van der Waals surface area (Å²) in [4.78, 5) is 48.6. The van der Waals surface area contributed by atoms with Crippen molar-refractivity contribution < 1.29 is 28.7 Å². The van der Waals surface area contributed by atoms with E-state index < -0.39 is 36.8 Å². The van der Waals surface area contributed by atoms with Crippen molar-refractivity contribution in [2.24, 2.45) is 0 Å². The first-order valence-electron chi connectivity index (χ1n) is 8.05. The predicted octanol–water partition coefficient (Wildman–Crippen LogP) is 0.121. The zero-order valence-corrected chi connectivity index (χ0v) is 13.5. The summed E-state index contributed by atoms with van der Waals surface area (Å²) in [5.41, 5.74) is 0.518. The van der Waals surface area contributed by atoms with E-state index in [4.69, 9.17) is 9.47 Å². The number of ether oxygens (including phenoxy) is 2. The number of carbonyl (C=O) groups excluding carboxylic acids is 4. The van der Waals surface area contributed by atoms with E-state index in [9.17, 15) is 19.2 Å². The van der Waals surface area contributed by atoms with E-state index in [2.05, 4.69) is 5.32 Å². The summed E-state index contributed by atoms with van der Waals surface area (Å²) < 4.78 is 10.2. The number of nitrogens with one attached hydrogen (secondary N) is 1. The average molecular weight is 346 g/mol. The van der Waals surface area contributed by atoms with Gasteiger partial charge in [-0.3, -0.25) is 24.1 Å². The second-order valence-electron chi connectivity index (χ2n) is 5.84. The molecule has 0 bridgehead atoms. The molecule has 132 valence electrons. The molecule has 0 aromatic heterocycles. The lowest BCUT2D eigenvalue weighted by atomic mass is 10.1. The number of rotatable bonds is 6. The number of esters is 1. The number of amides is 3. The Kier molecular flexibility index (Phi) is 5.08. The molecule has 1 aromatic carbocycles. The molecule has 2 heterocycles. The van der Waals surface area contributed by atoms with E-state index in [0.29, 0.717) is 13.2 Å². The van der Waals surface area contributed by atoms with Crippen LogP contribution >= 0.6 is 0 Å². The lowest BCUT2D eigenvalue weighted by Crippen LogP contribution is -2.38. The molecule has 1 N–H and O–H groups in total. The Morgan fingerprint density at radius 1 is 1.20 bits per heavy atom. The van der Waals surface area contributed by atoms with Gasteiger partial charge in [0.05, 0.1) is 17.2 Å². The number of imide groups is 1. The maximum absolute atomic E-state index is 12.1. The Hall–Kier alpha value is -2.74. The minimum atomic E-state index is -0.818. The van der Waals surface area contributed by atoms with Crippen molar-refractivity contribution in [3.05, 3.63) is 35.4 Å². The average Bonchev–Trinajstić information content (AvgIpc) is 3.22. The topological polar surface area (TPSA) is 102 Å². The maximum Gasteiger partial charge on any atom is 0.326 e. The smallest absolute Gasteiger partial charge is 0.326 e.